The zero-order chi connectivity index (χ0) is 11.8. The first kappa shape index (κ1) is 13.2. The lowest BCUT2D eigenvalue weighted by atomic mass is 10.0. The van der Waals surface area contributed by atoms with Crippen molar-refractivity contribution in [2.75, 3.05) is 13.2 Å². The van der Waals surface area contributed by atoms with Gasteiger partial charge in [0.2, 0.25) is 0 Å². The molecule has 0 bridgehead atoms. The Bertz CT molecular complexity index is 273. The van der Waals surface area contributed by atoms with E-state index >= 15 is 0 Å². The van der Waals surface area contributed by atoms with Gasteiger partial charge in [0.25, 0.3) is 0 Å². The van der Waals surface area contributed by atoms with E-state index in [4.69, 9.17) is 0 Å². The van der Waals surface area contributed by atoms with E-state index in [1.165, 1.54) is 12.0 Å². The van der Waals surface area contributed by atoms with Gasteiger partial charge in [-0.1, -0.05) is 50.6 Å². The summed E-state index contributed by atoms with van der Waals surface area (Å²) < 4.78 is 0. The molecule has 0 saturated carbocycles. The van der Waals surface area contributed by atoms with E-state index in [9.17, 15) is 5.11 Å². The lowest BCUT2D eigenvalue weighted by Crippen LogP contribution is -2.37. The molecule has 2 heteroatoms. The van der Waals surface area contributed by atoms with Gasteiger partial charge in [0.15, 0.2) is 0 Å². The molecule has 0 aliphatic rings. The fraction of sp³-hybridized carbons (Fsp3) is 0.571. The van der Waals surface area contributed by atoms with Crippen LogP contribution in [-0.2, 0) is 6.42 Å². The van der Waals surface area contributed by atoms with Crippen molar-refractivity contribution in [2.24, 2.45) is 5.92 Å². The minimum Gasteiger partial charge on any atom is -0.395 e. The van der Waals surface area contributed by atoms with Crippen LogP contribution in [0.5, 0.6) is 0 Å². The maximum Gasteiger partial charge on any atom is 0.0587 e. The van der Waals surface area contributed by atoms with Crippen LogP contribution in [0.15, 0.2) is 30.3 Å². The first-order valence-electron chi connectivity index (χ1n) is 6.14. The van der Waals surface area contributed by atoms with Crippen LogP contribution in [0.2, 0.25) is 0 Å². The summed E-state index contributed by atoms with van der Waals surface area (Å²) in [5.74, 6) is 0.671. The number of hydrogen-bond acceptors (Lipinski definition) is 2. The van der Waals surface area contributed by atoms with Crippen molar-refractivity contribution in [3.63, 3.8) is 0 Å². The van der Waals surface area contributed by atoms with E-state index in [2.05, 4.69) is 31.3 Å². The molecule has 90 valence electrons. The molecule has 0 aromatic heterocycles. The molecule has 2 nitrogen and oxygen atoms in total. The van der Waals surface area contributed by atoms with Gasteiger partial charge in [-0.15, -0.1) is 0 Å². The maximum atomic E-state index is 9.31. The number of hydrogen-bond donors (Lipinski definition) is 2. The zero-order valence-corrected chi connectivity index (χ0v) is 10.3. The highest BCUT2D eigenvalue weighted by Gasteiger charge is 2.08. The Kier molecular flexibility index (Phi) is 6.12. The third kappa shape index (κ3) is 4.77. The SMILES string of the molecule is CCC(C)CN[C@H](CO)Cc1ccccc1. The Labute approximate surface area is 98.7 Å². The predicted octanol–water partition coefficient (Wildman–Crippen LogP) is 2.23. The summed E-state index contributed by atoms with van der Waals surface area (Å²) in [7, 11) is 0. The Morgan fingerprint density at radius 3 is 2.50 bits per heavy atom. The molecule has 0 radical (unpaired) electrons. The van der Waals surface area contributed by atoms with E-state index in [1.54, 1.807) is 0 Å². The Morgan fingerprint density at radius 1 is 1.25 bits per heavy atom. The van der Waals surface area contributed by atoms with E-state index in [1.807, 2.05) is 18.2 Å². The quantitative estimate of drug-likeness (QED) is 0.740. The van der Waals surface area contributed by atoms with Crippen molar-refractivity contribution in [2.45, 2.75) is 32.7 Å². The highest BCUT2D eigenvalue weighted by molar-refractivity contribution is 5.15. The van der Waals surface area contributed by atoms with Crippen LogP contribution in [0.4, 0.5) is 0 Å². The molecule has 1 aromatic carbocycles. The van der Waals surface area contributed by atoms with E-state index in [0.717, 1.165) is 13.0 Å². The summed E-state index contributed by atoms with van der Waals surface area (Å²) in [5.41, 5.74) is 1.28. The summed E-state index contributed by atoms with van der Waals surface area (Å²) in [4.78, 5) is 0. The number of nitrogens with one attached hydrogen (secondary N) is 1. The number of benzene rings is 1. The number of rotatable bonds is 7. The lowest BCUT2D eigenvalue weighted by molar-refractivity contribution is 0.236. The molecule has 0 fully saturated rings. The molecular weight excluding hydrogens is 198 g/mol. The normalized spacial score (nSPS) is 14.7. The van der Waals surface area contributed by atoms with Gasteiger partial charge < -0.3 is 10.4 Å². The zero-order valence-electron chi connectivity index (χ0n) is 10.3. The smallest absolute Gasteiger partial charge is 0.0587 e. The van der Waals surface area contributed by atoms with Gasteiger partial charge in [-0.05, 0) is 24.4 Å². The summed E-state index contributed by atoms with van der Waals surface area (Å²) in [5, 5.41) is 12.7. The molecule has 1 rings (SSSR count). The van der Waals surface area contributed by atoms with Crippen molar-refractivity contribution in [3.8, 4) is 0 Å². The van der Waals surface area contributed by atoms with Crippen molar-refractivity contribution in [1.29, 1.82) is 0 Å². The predicted molar refractivity (Wildman–Crippen MR) is 68.5 cm³/mol. The molecule has 0 amide bonds. The Morgan fingerprint density at radius 2 is 1.94 bits per heavy atom. The Balaban J connectivity index is 2.37. The molecule has 0 heterocycles. The van der Waals surface area contributed by atoms with Gasteiger partial charge in [0, 0.05) is 6.04 Å². The van der Waals surface area contributed by atoms with Crippen LogP contribution in [0.3, 0.4) is 0 Å². The molecular formula is C14H23NO. The highest BCUT2D eigenvalue weighted by atomic mass is 16.3. The summed E-state index contributed by atoms with van der Waals surface area (Å²) in [6.07, 6.45) is 2.07. The number of aliphatic hydroxyl groups excluding tert-OH is 1. The van der Waals surface area contributed by atoms with Gasteiger partial charge in [-0.2, -0.15) is 0 Å². The van der Waals surface area contributed by atoms with Crippen molar-refractivity contribution in [3.05, 3.63) is 35.9 Å². The van der Waals surface area contributed by atoms with Crippen LogP contribution < -0.4 is 5.32 Å². The molecule has 2 atom stereocenters. The minimum absolute atomic E-state index is 0.177. The fourth-order valence-electron chi connectivity index (χ4n) is 1.61. The molecule has 0 aliphatic carbocycles. The van der Waals surface area contributed by atoms with Gasteiger partial charge in [-0.25, -0.2) is 0 Å². The molecule has 0 aliphatic heterocycles. The number of aliphatic hydroxyl groups is 1. The van der Waals surface area contributed by atoms with Crippen molar-refractivity contribution >= 4 is 0 Å². The average Bonchev–Trinajstić information content (AvgIpc) is 2.35. The van der Waals surface area contributed by atoms with Gasteiger partial charge >= 0.3 is 0 Å². The topological polar surface area (TPSA) is 32.3 Å². The van der Waals surface area contributed by atoms with Crippen LogP contribution in [0.25, 0.3) is 0 Å². The standard InChI is InChI=1S/C14H23NO/c1-3-12(2)10-15-14(11-16)9-13-7-5-4-6-8-13/h4-8,12,14-16H,3,9-11H2,1-2H3/t12?,14-/m0/s1. The van der Waals surface area contributed by atoms with E-state index in [-0.39, 0.29) is 12.6 Å². The third-order valence-corrected chi connectivity index (χ3v) is 3.00. The van der Waals surface area contributed by atoms with E-state index in [0.29, 0.717) is 5.92 Å². The maximum absolute atomic E-state index is 9.31. The summed E-state index contributed by atoms with van der Waals surface area (Å²) >= 11 is 0. The second-order valence-electron chi connectivity index (χ2n) is 4.49. The lowest BCUT2D eigenvalue weighted by Gasteiger charge is -2.18. The molecule has 2 N–H and O–H groups in total. The molecule has 1 aromatic rings. The largest absolute Gasteiger partial charge is 0.395 e. The minimum atomic E-state index is 0.177. The van der Waals surface area contributed by atoms with Crippen LogP contribution >= 0.6 is 0 Å². The average molecular weight is 221 g/mol. The Hall–Kier alpha value is -0.860. The van der Waals surface area contributed by atoms with Gasteiger partial charge in [-0.3, -0.25) is 0 Å². The molecule has 0 saturated heterocycles. The second kappa shape index (κ2) is 7.42. The van der Waals surface area contributed by atoms with Crippen LogP contribution in [-0.4, -0.2) is 24.3 Å². The first-order chi connectivity index (χ1) is 7.76. The van der Waals surface area contributed by atoms with Crippen molar-refractivity contribution < 1.29 is 5.11 Å². The second-order valence-corrected chi connectivity index (χ2v) is 4.49. The monoisotopic (exact) mass is 221 g/mol. The van der Waals surface area contributed by atoms with Gasteiger partial charge in [0.1, 0.15) is 0 Å². The van der Waals surface area contributed by atoms with Gasteiger partial charge in [0.05, 0.1) is 6.61 Å². The highest BCUT2D eigenvalue weighted by Crippen LogP contribution is 2.04. The third-order valence-electron chi connectivity index (χ3n) is 3.00. The van der Waals surface area contributed by atoms with Crippen molar-refractivity contribution in [1.82, 2.24) is 5.32 Å². The van der Waals surface area contributed by atoms with E-state index < -0.39 is 0 Å². The van der Waals surface area contributed by atoms with Crippen LogP contribution in [0, 0.1) is 5.92 Å². The molecule has 1 unspecified atom stereocenters. The molecule has 0 spiro atoms. The summed E-state index contributed by atoms with van der Waals surface area (Å²) in [6.45, 7) is 5.60. The van der Waals surface area contributed by atoms with Crippen LogP contribution in [0.1, 0.15) is 25.8 Å². The fourth-order valence-corrected chi connectivity index (χ4v) is 1.61. The first-order valence-corrected chi connectivity index (χ1v) is 6.14. The summed E-state index contributed by atoms with van der Waals surface area (Å²) in [6, 6.07) is 10.5. The molecule has 16 heavy (non-hydrogen) atoms.